The molecular formula is C14H19N3O. The molecule has 0 heterocycles. The Kier molecular flexibility index (Phi) is 3.97. The summed E-state index contributed by atoms with van der Waals surface area (Å²) in [5.74, 6) is 0.508. The van der Waals surface area contributed by atoms with Crippen molar-refractivity contribution in [1.82, 2.24) is 5.43 Å². The first kappa shape index (κ1) is 12.6. The van der Waals surface area contributed by atoms with E-state index in [4.69, 9.17) is 5.73 Å². The van der Waals surface area contributed by atoms with Gasteiger partial charge in [0, 0.05) is 5.71 Å². The number of amides is 2. The molecule has 1 aliphatic carbocycles. The van der Waals surface area contributed by atoms with Gasteiger partial charge in [0.1, 0.15) is 0 Å². The molecule has 96 valence electrons. The Morgan fingerprint density at radius 3 is 3.06 bits per heavy atom. The van der Waals surface area contributed by atoms with Gasteiger partial charge in [-0.2, -0.15) is 5.10 Å². The highest BCUT2D eigenvalue weighted by Gasteiger charge is 2.20. The van der Waals surface area contributed by atoms with Crippen LogP contribution in [0.5, 0.6) is 0 Å². The minimum Gasteiger partial charge on any atom is -0.350 e. The van der Waals surface area contributed by atoms with E-state index in [1.165, 1.54) is 30.4 Å². The second-order valence-corrected chi connectivity index (χ2v) is 4.82. The quantitative estimate of drug-likeness (QED) is 0.623. The molecule has 0 aliphatic heterocycles. The maximum Gasteiger partial charge on any atom is 0.332 e. The molecule has 2 amide bonds. The van der Waals surface area contributed by atoms with Crippen molar-refractivity contribution in [2.24, 2.45) is 10.8 Å². The summed E-state index contributed by atoms with van der Waals surface area (Å²) in [6, 6.07) is 7.98. The zero-order chi connectivity index (χ0) is 13.0. The van der Waals surface area contributed by atoms with Crippen LogP contribution >= 0.6 is 0 Å². The van der Waals surface area contributed by atoms with Crippen LogP contribution in [0.25, 0.3) is 0 Å². The number of aryl methyl sites for hydroxylation is 1. The number of nitrogens with two attached hydrogens (primary N) is 1. The number of benzene rings is 1. The van der Waals surface area contributed by atoms with Crippen molar-refractivity contribution < 1.29 is 4.79 Å². The van der Waals surface area contributed by atoms with Crippen LogP contribution in [0.15, 0.2) is 29.4 Å². The summed E-state index contributed by atoms with van der Waals surface area (Å²) in [7, 11) is 0. The number of primary amides is 1. The van der Waals surface area contributed by atoms with Crippen molar-refractivity contribution in [3.05, 3.63) is 35.4 Å². The minimum absolute atomic E-state index is 0.508. The highest BCUT2D eigenvalue weighted by Crippen LogP contribution is 2.33. The van der Waals surface area contributed by atoms with E-state index in [2.05, 4.69) is 34.8 Å². The SMILES string of the molecule is C/C(CC1CCCc2ccccc21)=N/NC(N)=O. The third-order valence-electron chi connectivity index (χ3n) is 3.39. The smallest absolute Gasteiger partial charge is 0.332 e. The third-order valence-corrected chi connectivity index (χ3v) is 3.39. The summed E-state index contributed by atoms with van der Waals surface area (Å²) in [5, 5.41) is 3.98. The van der Waals surface area contributed by atoms with Crippen LogP contribution in [-0.2, 0) is 6.42 Å². The van der Waals surface area contributed by atoms with Gasteiger partial charge in [-0.1, -0.05) is 24.3 Å². The van der Waals surface area contributed by atoms with E-state index < -0.39 is 6.03 Å². The molecule has 0 spiro atoms. The summed E-state index contributed by atoms with van der Waals surface area (Å²) < 4.78 is 0. The fourth-order valence-corrected chi connectivity index (χ4v) is 2.62. The number of nitrogens with zero attached hydrogens (tertiary/aromatic N) is 1. The van der Waals surface area contributed by atoms with Crippen molar-refractivity contribution in [2.75, 3.05) is 0 Å². The molecule has 4 nitrogen and oxygen atoms in total. The Bertz CT molecular complexity index is 468. The largest absolute Gasteiger partial charge is 0.350 e. The molecule has 0 radical (unpaired) electrons. The van der Waals surface area contributed by atoms with Crippen LogP contribution in [-0.4, -0.2) is 11.7 Å². The van der Waals surface area contributed by atoms with E-state index in [9.17, 15) is 4.79 Å². The van der Waals surface area contributed by atoms with Gasteiger partial charge < -0.3 is 5.73 Å². The average Bonchev–Trinajstić information content (AvgIpc) is 2.37. The van der Waals surface area contributed by atoms with Gasteiger partial charge >= 0.3 is 6.03 Å². The molecule has 0 bridgehead atoms. The molecule has 0 saturated carbocycles. The van der Waals surface area contributed by atoms with Gasteiger partial charge in [-0.15, -0.1) is 0 Å². The van der Waals surface area contributed by atoms with Crippen molar-refractivity contribution in [3.8, 4) is 0 Å². The number of nitrogens with one attached hydrogen (secondary N) is 1. The topological polar surface area (TPSA) is 67.5 Å². The molecule has 0 fully saturated rings. The first-order valence-electron chi connectivity index (χ1n) is 6.33. The lowest BCUT2D eigenvalue weighted by atomic mass is 9.80. The van der Waals surface area contributed by atoms with Crippen molar-refractivity contribution in [1.29, 1.82) is 0 Å². The standard InChI is InChI=1S/C14H19N3O/c1-10(16-17-14(15)18)9-12-7-4-6-11-5-2-3-8-13(11)12/h2-3,5,8,12H,4,6-7,9H2,1H3,(H3,15,17,18)/b16-10-. The zero-order valence-corrected chi connectivity index (χ0v) is 10.6. The highest BCUT2D eigenvalue weighted by molar-refractivity contribution is 5.84. The van der Waals surface area contributed by atoms with Gasteiger partial charge in [-0.25, -0.2) is 10.2 Å². The third kappa shape index (κ3) is 3.09. The van der Waals surface area contributed by atoms with E-state index in [1.54, 1.807) is 0 Å². The summed E-state index contributed by atoms with van der Waals surface area (Å²) in [5.41, 5.74) is 11.1. The van der Waals surface area contributed by atoms with Crippen molar-refractivity contribution in [3.63, 3.8) is 0 Å². The molecule has 1 aromatic carbocycles. The Balaban J connectivity index is 2.07. The molecule has 0 aromatic heterocycles. The average molecular weight is 245 g/mol. The fraction of sp³-hybridized carbons (Fsp3) is 0.429. The molecule has 0 saturated heterocycles. The first-order chi connectivity index (χ1) is 8.66. The number of fused-ring (bicyclic) bond motifs is 1. The number of hydrogen-bond donors (Lipinski definition) is 2. The van der Waals surface area contributed by atoms with Crippen LogP contribution in [0.4, 0.5) is 4.79 Å². The van der Waals surface area contributed by atoms with Gasteiger partial charge in [-0.05, 0) is 49.7 Å². The Morgan fingerprint density at radius 2 is 2.28 bits per heavy atom. The summed E-state index contributed by atoms with van der Waals surface area (Å²) in [4.78, 5) is 10.6. The van der Waals surface area contributed by atoms with E-state index >= 15 is 0 Å². The molecular weight excluding hydrogens is 226 g/mol. The molecule has 18 heavy (non-hydrogen) atoms. The number of urea groups is 1. The van der Waals surface area contributed by atoms with Gasteiger partial charge in [0.2, 0.25) is 0 Å². The second-order valence-electron chi connectivity index (χ2n) is 4.82. The van der Waals surface area contributed by atoms with E-state index in [0.29, 0.717) is 5.92 Å². The second kappa shape index (κ2) is 5.67. The maximum absolute atomic E-state index is 10.6. The molecule has 3 N–H and O–H groups in total. The highest BCUT2D eigenvalue weighted by atomic mass is 16.2. The Labute approximate surface area is 107 Å². The first-order valence-corrected chi connectivity index (χ1v) is 6.33. The molecule has 1 aromatic rings. The lowest BCUT2D eigenvalue weighted by Crippen LogP contribution is -2.25. The van der Waals surface area contributed by atoms with E-state index in [-0.39, 0.29) is 0 Å². The number of hydrazone groups is 1. The van der Waals surface area contributed by atoms with Crippen molar-refractivity contribution in [2.45, 2.75) is 38.5 Å². The molecule has 4 heteroatoms. The number of rotatable bonds is 3. The lowest BCUT2D eigenvalue weighted by molar-refractivity contribution is 0.249. The molecule has 1 aliphatic rings. The minimum atomic E-state index is -0.613. The summed E-state index contributed by atoms with van der Waals surface area (Å²) in [6.45, 7) is 1.92. The predicted octanol–water partition coefficient (Wildman–Crippen LogP) is 2.54. The van der Waals surface area contributed by atoms with Gasteiger partial charge in [-0.3, -0.25) is 0 Å². The van der Waals surface area contributed by atoms with Gasteiger partial charge in [0.25, 0.3) is 0 Å². The lowest BCUT2D eigenvalue weighted by Gasteiger charge is -2.25. The van der Waals surface area contributed by atoms with Crippen LogP contribution < -0.4 is 11.2 Å². The predicted molar refractivity (Wildman–Crippen MR) is 72.6 cm³/mol. The van der Waals surface area contributed by atoms with Crippen LogP contribution in [0, 0.1) is 0 Å². The van der Waals surface area contributed by atoms with Crippen molar-refractivity contribution >= 4 is 11.7 Å². The number of carbonyl (C=O) groups excluding carboxylic acids is 1. The fourth-order valence-electron chi connectivity index (χ4n) is 2.62. The zero-order valence-electron chi connectivity index (χ0n) is 10.6. The van der Waals surface area contributed by atoms with Gasteiger partial charge in [0.15, 0.2) is 0 Å². The van der Waals surface area contributed by atoms with E-state index in [0.717, 1.165) is 12.1 Å². The number of carbonyl (C=O) groups is 1. The van der Waals surface area contributed by atoms with Crippen LogP contribution in [0.3, 0.4) is 0 Å². The monoisotopic (exact) mass is 245 g/mol. The van der Waals surface area contributed by atoms with Crippen LogP contribution in [0.2, 0.25) is 0 Å². The number of hydrogen-bond acceptors (Lipinski definition) is 2. The summed E-state index contributed by atoms with van der Waals surface area (Å²) in [6.07, 6.45) is 4.44. The molecule has 1 atom stereocenters. The Morgan fingerprint density at radius 1 is 1.50 bits per heavy atom. The summed E-state index contributed by atoms with van der Waals surface area (Å²) >= 11 is 0. The molecule has 2 rings (SSSR count). The maximum atomic E-state index is 10.6. The van der Waals surface area contributed by atoms with Gasteiger partial charge in [0.05, 0.1) is 0 Å². The van der Waals surface area contributed by atoms with E-state index in [1.807, 2.05) is 6.92 Å². The normalized spacial score (nSPS) is 19.2. The Hall–Kier alpha value is -1.84. The molecule has 1 unspecified atom stereocenters. The van der Waals surface area contributed by atoms with Crippen LogP contribution in [0.1, 0.15) is 43.2 Å².